The summed E-state index contributed by atoms with van der Waals surface area (Å²) in [6.45, 7) is -0.203. The van der Waals surface area contributed by atoms with E-state index in [-0.39, 0.29) is 19.0 Å². The van der Waals surface area contributed by atoms with E-state index in [2.05, 4.69) is 16.0 Å². The number of nitrogens with one attached hydrogen (secondary N) is 4. The number of benzene rings is 2. The van der Waals surface area contributed by atoms with Gasteiger partial charge in [0.25, 0.3) is 17.7 Å². The lowest BCUT2D eigenvalue weighted by atomic mass is 10.0. The molecule has 11 nitrogen and oxygen atoms in total. The minimum atomic E-state index is -1.06. The SMILES string of the molecule is CNC(=O)C(CN)NC(=O)c1ccc(-c2ccc(C(=O)N[C@@H](CN)C(=O)NO)cc2)cc1. The maximum Gasteiger partial charge on any atom is 0.267 e. The quantitative estimate of drug-likeness (QED) is 0.186. The van der Waals surface area contributed by atoms with Gasteiger partial charge in [0.05, 0.1) is 0 Å². The van der Waals surface area contributed by atoms with E-state index >= 15 is 0 Å². The number of rotatable bonds is 9. The van der Waals surface area contributed by atoms with Gasteiger partial charge in [0, 0.05) is 31.3 Å². The van der Waals surface area contributed by atoms with Crippen molar-refractivity contribution in [3.05, 3.63) is 59.7 Å². The van der Waals surface area contributed by atoms with E-state index in [9.17, 15) is 19.2 Å². The number of hydroxylamine groups is 1. The van der Waals surface area contributed by atoms with E-state index in [4.69, 9.17) is 16.7 Å². The molecular weight excluding hydrogens is 416 g/mol. The molecule has 170 valence electrons. The lowest BCUT2D eigenvalue weighted by Crippen LogP contribution is -2.50. The topological polar surface area (TPSA) is 189 Å². The van der Waals surface area contributed by atoms with Crippen molar-refractivity contribution in [3.63, 3.8) is 0 Å². The molecule has 2 atom stereocenters. The zero-order valence-corrected chi connectivity index (χ0v) is 17.4. The molecule has 0 spiro atoms. The number of carbonyl (C=O) groups excluding carboxylic acids is 4. The Morgan fingerprint density at radius 3 is 1.44 bits per heavy atom. The van der Waals surface area contributed by atoms with Crippen molar-refractivity contribution in [2.45, 2.75) is 12.1 Å². The molecular formula is C21H26N6O5. The van der Waals surface area contributed by atoms with Crippen LogP contribution in [0.2, 0.25) is 0 Å². The molecule has 32 heavy (non-hydrogen) atoms. The van der Waals surface area contributed by atoms with Gasteiger partial charge in [0.2, 0.25) is 5.91 Å². The van der Waals surface area contributed by atoms with Crippen molar-refractivity contribution < 1.29 is 24.4 Å². The summed E-state index contributed by atoms with van der Waals surface area (Å²) in [4.78, 5) is 47.7. The Balaban J connectivity index is 2.07. The Hall–Kier alpha value is -3.80. The maximum absolute atomic E-state index is 12.3. The highest BCUT2D eigenvalue weighted by atomic mass is 16.5. The lowest BCUT2D eigenvalue weighted by Gasteiger charge is -2.15. The molecule has 4 amide bonds. The Morgan fingerprint density at radius 2 is 1.12 bits per heavy atom. The molecule has 0 radical (unpaired) electrons. The van der Waals surface area contributed by atoms with Gasteiger partial charge in [-0.05, 0) is 35.4 Å². The Labute approximate surface area is 184 Å². The molecule has 0 bridgehead atoms. The Morgan fingerprint density at radius 1 is 0.750 bits per heavy atom. The first-order valence-corrected chi connectivity index (χ1v) is 9.72. The minimum Gasteiger partial charge on any atom is -0.357 e. The number of amides is 4. The summed E-state index contributed by atoms with van der Waals surface area (Å²) in [5, 5.41) is 16.1. The van der Waals surface area contributed by atoms with E-state index in [1.165, 1.54) is 12.5 Å². The third kappa shape index (κ3) is 6.11. The first kappa shape index (κ1) is 24.5. The largest absolute Gasteiger partial charge is 0.357 e. The maximum atomic E-state index is 12.3. The second-order valence-electron chi connectivity index (χ2n) is 6.77. The van der Waals surface area contributed by atoms with Gasteiger partial charge < -0.3 is 27.4 Å². The summed E-state index contributed by atoms with van der Waals surface area (Å²) in [6, 6.07) is 11.4. The van der Waals surface area contributed by atoms with Gasteiger partial charge in [-0.15, -0.1) is 0 Å². The standard InChI is InChI=1S/C21H26N6O5/c1-24-20(30)16(10-22)25-18(28)14-6-2-12(3-7-14)13-4-8-15(9-5-13)19(29)26-17(11-23)21(31)27-32/h2-9,16-17,32H,10-11,22-23H2,1H3,(H,24,30)(H,25,28)(H,26,29)(H,27,31)/t16?,17-/m0/s1. The molecule has 0 fully saturated rings. The van der Waals surface area contributed by atoms with Gasteiger partial charge in [-0.2, -0.15) is 0 Å². The van der Waals surface area contributed by atoms with Gasteiger partial charge in [0.1, 0.15) is 12.1 Å². The van der Waals surface area contributed by atoms with Gasteiger partial charge in [-0.1, -0.05) is 24.3 Å². The summed E-state index contributed by atoms with van der Waals surface area (Å²) in [7, 11) is 1.46. The molecule has 0 aliphatic rings. The normalized spacial score (nSPS) is 12.2. The van der Waals surface area contributed by atoms with Gasteiger partial charge in [-0.3, -0.25) is 24.4 Å². The molecule has 0 aliphatic carbocycles. The average Bonchev–Trinajstić information content (AvgIpc) is 2.84. The highest BCUT2D eigenvalue weighted by Gasteiger charge is 2.20. The molecule has 0 saturated heterocycles. The highest BCUT2D eigenvalue weighted by molar-refractivity contribution is 5.99. The van der Waals surface area contributed by atoms with Crippen LogP contribution >= 0.6 is 0 Å². The van der Waals surface area contributed by atoms with Crippen LogP contribution in [0, 0.1) is 0 Å². The van der Waals surface area contributed by atoms with Crippen LogP contribution in [0.4, 0.5) is 0 Å². The molecule has 0 heterocycles. The van der Waals surface area contributed by atoms with E-state index in [0.717, 1.165) is 11.1 Å². The molecule has 11 heteroatoms. The number of hydrogen-bond acceptors (Lipinski definition) is 7. The van der Waals surface area contributed by atoms with Crippen LogP contribution in [0.1, 0.15) is 20.7 Å². The number of nitrogens with two attached hydrogens (primary N) is 2. The summed E-state index contributed by atoms with van der Waals surface area (Å²) in [5.41, 5.74) is 14.7. The molecule has 2 aromatic rings. The molecule has 1 unspecified atom stereocenters. The van der Waals surface area contributed by atoms with Crippen LogP contribution < -0.4 is 32.9 Å². The first-order chi connectivity index (χ1) is 15.3. The van der Waals surface area contributed by atoms with Crippen molar-refractivity contribution in [2.75, 3.05) is 20.1 Å². The fraction of sp³-hybridized carbons (Fsp3) is 0.238. The average molecular weight is 442 g/mol. The molecule has 9 N–H and O–H groups in total. The third-order valence-electron chi connectivity index (χ3n) is 4.70. The molecule has 0 aliphatic heterocycles. The van der Waals surface area contributed by atoms with E-state index < -0.39 is 29.8 Å². The molecule has 2 aromatic carbocycles. The predicted molar refractivity (Wildman–Crippen MR) is 116 cm³/mol. The number of carbonyl (C=O) groups is 4. The van der Waals surface area contributed by atoms with Gasteiger partial charge >= 0.3 is 0 Å². The van der Waals surface area contributed by atoms with Crippen molar-refractivity contribution in [1.82, 2.24) is 21.4 Å². The summed E-state index contributed by atoms with van der Waals surface area (Å²) >= 11 is 0. The number of likely N-dealkylation sites (N-methyl/N-ethyl adjacent to an activating group) is 1. The van der Waals surface area contributed by atoms with E-state index in [0.29, 0.717) is 11.1 Å². The third-order valence-corrected chi connectivity index (χ3v) is 4.70. The summed E-state index contributed by atoms with van der Waals surface area (Å²) in [6.07, 6.45) is 0. The van der Waals surface area contributed by atoms with Crippen LogP contribution in [0.25, 0.3) is 11.1 Å². The van der Waals surface area contributed by atoms with Crippen molar-refractivity contribution in [3.8, 4) is 11.1 Å². The minimum absolute atomic E-state index is 0.0277. The summed E-state index contributed by atoms with van der Waals surface area (Å²) < 4.78 is 0. The smallest absolute Gasteiger partial charge is 0.267 e. The Kier molecular flexibility index (Phi) is 8.83. The zero-order chi connectivity index (χ0) is 23.7. The number of hydrogen-bond donors (Lipinski definition) is 7. The van der Waals surface area contributed by atoms with Gasteiger partial charge in [-0.25, -0.2) is 5.48 Å². The van der Waals surface area contributed by atoms with Crippen molar-refractivity contribution in [2.24, 2.45) is 11.5 Å². The fourth-order valence-electron chi connectivity index (χ4n) is 2.83. The zero-order valence-electron chi connectivity index (χ0n) is 17.4. The molecule has 0 aromatic heterocycles. The summed E-state index contributed by atoms with van der Waals surface area (Å²) in [5.74, 6) is -2.14. The van der Waals surface area contributed by atoms with Gasteiger partial charge in [0.15, 0.2) is 0 Å². The van der Waals surface area contributed by atoms with Crippen molar-refractivity contribution >= 4 is 23.6 Å². The van der Waals surface area contributed by atoms with E-state index in [1.54, 1.807) is 48.5 Å². The van der Waals surface area contributed by atoms with Crippen LogP contribution in [0.15, 0.2) is 48.5 Å². The van der Waals surface area contributed by atoms with E-state index in [1.807, 2.05) is 0 Å². The molecule has 0 saturated carbocycles. The van der Waals surface area contributed by atoms with Crippen LogP contribution in [0.3, 0.4) is 0 Å². The first-order valence-electron chi connectivity index (χ1n) is 9.72. The molecule has 2 rings (SSSR count). The fourth-order valence-corrected chi connectivity index (χ4v) is 2.83. The van der Waals surface area contributed by atoms with Crippen LogP contribution in [-0.2, 0) is 9.59 Å². The Bertz CT molecular complexity index is 882. The second-order valence-corrected chi connectivity index (χ2v) is 6.77. The lowest BCUT2D eigenvalue weighted by molar-refractivity contribution is -0.131. The van der Waals surface area contributed by atoms with Crippen LogP contribution in [0.5, 0.6) is 0 Å². The monoisotopic (exact) mass is 442 g/mol. The second kappa shape index (κ2) is 11.6. The van der Waals surface area contributed by atoms with Crippen molar-refractivity contribution in [1.29, 1.82) is 0 Å². The highest BCUT2D eigenvalue weighted by Crippen LogP contribution is 2.20. The predicted octanol–water partition coefficient (Wildman–Crippen LogP) is -1.28. The van der Waals surface area contributed by atoms with Crippen LogP contribution in [-0.4, -0.2) is 61.1 Å².